The Kier molecular flexibility index (Phi) is 5.99. The third kappa shape index (κ3) is 5.45. The molecular formula is C20H19F3N6. The van der Waals surface area contributed by atoms with Gasteiger partial charge in [0.1, 0.15) is 0 Å². The molecule has 0 radical (unpaired) electrons. The number of hydrogen-bond acceptors (Lipinski definition) is 5. The molecule has 5 N–H and O–H groups in total. The van der Waals surface area contributed by atoms with Crippen LogP contribution in [0.4, 0.5) is 24.5 Å². The van der Waals surface area contributed by atoms with Gasteiger partial charge in [-0.3, -0.25) is 4.98 Å². The van der Waals surface area contributed by atoms with Crippen molar-refractivity contribution in [1.82, 2.24) is 10.1 Å². The molecule has 150 valence electrons. The minimum Gasteiger partial charge on any atom is -0.382 e. The maximum Gasteiger partial charge on any atom is 0.416 e. The standard InChI is InChI=1S/C20H19F3N6/c21-20(22,23)14-8-10-15(11-9-14)27-18-7-2-1-6-17(18)19(24)28-29(25)13-16-5-3-4-12-26-16/h1-12,27H,13,25H2,(H2,24,28). The molecule has 0 aliphatic heterocycles. The molecule has 0 bridgehead atoms. The van der Waals surface area contributed by atoms with Gasteiger partial charge in [-0.1, -0.05) is 18.2 Å². The SMILES string of the molecule is N/C(=N\N(N)Cc1ccccn1)c1ccccc1Nc1ccc(C(F)(F)F)cc1. The molecule has 1 heterocycles. The summed E-state index contributed by atoms with van der Waals surface area (Å²) in [5.41, 5.74) is 7.74. The molecule has 0 aliphatic carbocycles. The molecule has 0 spiro atoms. The summed E-state index contributed by atoms with van der Waals surface area (Å²) < 4.78 is 38.2. The number of hydrazone groups is 1. The molecule has 0 saturated carbocycles. The van der Waals surface area contributed by atoms with E-state index in [4.69, 9.17) is 11.6 Å². The van der Waals surface area contributed by atoms with E-state index in [0.717, 1.165) is 17.8 Å². The van der Waals surface area contributed by atoms with Crippen LogP contribution in [0.3, 0.4) is 0 Å². The van der Waals surface area contributed by atoms with Gasteiger partial charge in [-0.25, -0.2) is 11.0 Å². The summed E-state index contributed by atoms with van der Waals surface area (Å²) in [5, 5.41) is 8.40. The highest BCUT2D eigenvalue weighted by atomic mass is 19.4. The second kappa shape index (κ2) is 8.61. The van der Waals surface area contributed by atoms with Crippen molar-refractivity contribution in [2.45, 2.75) is 12.7 Å². The Morgan fingerprint density at radius 3 is 2.34 bits per heavy atom. The van der Waals surface area contributed by atoms with E-state index >= 15 is 0 Å². The Labute approximate surface area is 165 Å². The highest BCUT2D eigenvalue weighted by molar-refractivity contribution is 6.02. The highest BCUT2D eigenvalue weighted by Crippen LogP contribution is 2.30. The van der Waals surface area contributed by atoms with Crippen molar-refractivity contribution in [3.63, 3.8) is 0 Å². The monoisotopic (exact) mass is 400 g/mol. The van der Waals surface area contributed by atoms with Gasteiger partial charge in [0, 0.05) is 23.1 Å². The fourth-order valence-electron chi connectivity index (χ4n) is 2.60. The second-order valence-electron chi connectivity index (χ2n) is 6.15. The fraction of sp³-hybridized carbons (Fsp3) is 0.100. The summed E-state index contributed by atoms with van der Waals surface area (Å²) in [4.78, 5) is 4.17. The topological polar surface area (TPSA) is 92.6 Å². The van der Waals surface area contributed by atoms with E-state index in [1.807, 2.05) is 12.1 Å². The Morgan fingerprint density at radius 2 is 1.69 bits per heavy atom. The molecule has 6 nitrogen and oxygen atoms in total. The van der Waals surface area contributed by atoms with Gasteiger partial charge < -0.3 is 11.1 Å². The minimum atomic E-state index is -4.38. The first-order valence-corrected chi connectivity index (χ1v) is 8.63. The number of rotatable bonds is 6. The van der Waals surface area contributed by atoms with Gasteiger partial charge >= 0.3 is 6.18 Å². The number of nitrogens with two attached hydrogens (primary N) is 2. The largest absolute Gasteiger partial charge is 0.416 e. The highest BCUT2D eigenvalue weighted by Gasteiger charge is 2.29. The van der Waals surface area contributed by atoms with Gasteiger partial charge in [-0.2, -0.15) is 13.2 Å². The lowest BCUT2D eigenvalue weighted by Crippen LogP contribution is -2.29. The molecule has 3 aromatic rings. The molecule has 0 unspecified atom stereocenters. The number of hydrazine groups is 1. The van der Waals surface area contributed by atoms with Gasteiger partial charge in [-0.15, -0.1) is 5.10 Å². The number of pyridine rings is 1. The zero-order valence-corrected chi connectivity index (χ0v) is 15.3. The normalized spacial score (nSPS) is 11.9. The number of alkyl halides is 3. The van der Waals surface area contributed by atoms with Crippen molar-refractivity contribution in [3.8, 4) is 0 Å². The molecular weight excluding hydrogens is 381 g/mol. The number of nitrogens with zero attached hydrogens (tertiary/aromatic N) is 3. The maximum atomic E-state index is 12.7. The van der Waals surface area contributed by atoms with Gasteiger partial charge in [0.2, 0.25) is 0 Å². The van der Waals surface area contributed by atoms with E-state index < -0.39 is 11.7 Å². The van der Waals surface area contributed by atoms with Crippen LogP contribution in [-0.2, 0) is 12.7 Å². The number of halogens is 3. The van der Waals surface area contributed by atoms with E-state index in [2.05, 4.69) is 15.4 Å². The van der Waals surface area contributed by atoms with Crippen molar-refractivity contribution in [2.24, 2.45) is 16.7 Å². The maximum absolute atomic E-state index is 12.7. The summed E-state index contributed by atoms with van der Waals surface area (Å²) in [6.07, 6.45) is -2.73. The van der Waals surface area contributed by atoms with Crippen LogP contribution in [0.5, 0.6) is 0 Å². The molecule has 0 saturated heterocycles. The minimum absolute atomic E-state index is 0.151. The number of aromatic nitrogens is 1. The Bertz CT molecular complexity index is 972. The number of nitrogens with one attached hydrogen (secondary N) is 1. The summed E-state index contributed by atoms with van der Waals surface area (Å²) in [7, 11) is 0. The van der Waals surface area contributed by atoms with E-state index in [-0.39, 0.29) is 12.4 Å². The van der Waals surface area contributed by atoms with Crippen molar-refractivity contribution < 1.29 is 13.2 Å². The van der Waals surface area contributed by atoms with Crippen molar-refractivity contribution in [2.75, 3.05) is 5.32 Å². The number of hydrogen-bond donors (Lipinski definition) is 3. The van der Waals surface area contributed by atoms with Crippen LogP contribution < -0.4 is 16.9 Å². The molecule has 1 aromatic heterocycles. The van der Waals surface area contributed by atoms with Crippen LogP contribution in [-0.4, -0.2) is 15.9 Å². The molecule has 3 rings (SSSR count). The third-order valence-electron chi connectivity index (χ3n) is 3.98. The number of para-hydroxylation sites is 1. The van der Waals surface area contributed by atoms with E-state index in [1.54, 1.807) is 36.5 Å². The van der Waals surface area contributed by atoms with Crippen LogP contribution in [0, 0.1) is 0 Å². The lowest BCUT2D eigenvalue weighted by Gasteiger charge is -2.16. The first-order chi connectivity index (χ1) is 13.8. The van der Waals surface area contributed by atoms with Crippen molar-refractivity contribution >= 4 is 17.2 Å². The molecule has 0 aliphatic rings. The molecule has 9 heteroatoms. The Morgan fingerprint density at radius 1 is 1.00 bits per heavy atom. The smallest absolute Gasteiger partial charge is 0.382 e. The third-order valence-corrected chi connectivity index (χ3v) is 3.98. The van der Waals surface area contributed by atoms with E-state index in [1.165, 1.54) is 17.3 Å². The first-order valence-electron chi connectivity index (χ1n) is 8.63. The number of anilines is 2. The zero-order valence-electron chi connectivity index (χ0n) is 15.3. The molecule has 0 fully saturated rings. The zero-order chi connectivity index (χ0) is 20.9. The van der Waals surface area contributed by atoms with Crippen LogP contribution in [0.25, 0.3) is 0 Å². The molecule has 2 aromatic carbocycles. The summed E-state index contributed by atoms with van der Waals surface area (Å²) in [5.74, 6) is 6.05. The fourth-order valence-corrected chi connectivity index (χ4v) is 2.60. The number of amidine groups is 1. The molecule has 0 amide bonds. The lowest BCUT2D eigenvalue weighted by atomic mass is 10.1. The van der Waals surface area contributed by atoms with Gasteiger partial charge in [0.25, 0.3) is 0 Å². The van der Waals surface area contributed by atoms with Crippen LogP contribution >= 0.6 is 0 Å². The Hall–Kier alpha value is -3.59. The van der Waals surface area contributed by atoms with Crippen LogP contribution in [0.1, 0.15) is 16.8 Å². The van der Waals surface area contributed by atoms with E-state index in [9.17, 15) is 13.2 Å². The van der Waals surface area contributed by atoms with Gasteiger partial charge in [-0.05, 0) is 48.5 Å². The van der Waals surface area contributed by atoms with Crippen molar-refractivity contribution in [1.29, 1.82) is 0 Å². The summed E-state index contributed by atoms with van der Waals surface area (Å²) in [6, 6.07) is 17.2. The summed E-state index contributed by atoms with van der Waals surface area (Å²) in [6.45, 7) is 0.260. The Balaban J connectivity index is 1.77. The van der Waals surface area contributed by atoms with Gasteiger partial charge in [0.05, 0.1) is 17.8 Å². The number of benzene rings is 2. The quantitative estimate of drug-likeness (QED) is 0.253. The summed E-state index contributed by atoms with van der Waals surface area (Å²) >= 11 is 0. The average molecular weight is 400 g/mol. The molecule has 29 heavy (non-hydrogen) atoms. The van der Waals surface area contributed by atoms with E-state index in [0.29, 0.717) is 16.9 Å². The predicted octanol–water partition coefficient (Wildman–Crippen LogP) is 3.84. The first kappa shape index (κ1) is 20.2. The van der Waals surface area contributed by atoms with Gasteiger partial charge in [0.15, 0.2) is 5.84 Å². The average Bonchev–Trinajstić information content (AvgIpc) is 2.69. The van der Waals surface area contributed by atoms with Crippen molar-refractivity contribution in [3.05, 3.63) is 89.7 Å². The van der Waals surface area contributed by atoms with Crippen LogP contribution in [0.2, 0.25) is 0 Å². The molecule has 0 atom stereocenters. The van der Waals surface area contributed by atoms with Crippen LogP contribution in [0.15, 0.2) is 78.0 Å². The second-order valence-corrected chi connectivity index (χ2v) is 6.15. The lowest BCUT2D eigenvalue weighted by molar-refractivity contribution is -0.137. The predicted molar refractivity (Wildman–Crippen MR) is 106 cm³/mol.